The lowest BCUT2D eigenvalue weighted by Gasteiger charge is -2.32. The van der Waals surface area contributed by atoms with E-state index < -0.39 is 0 Å². The lowest BCUT2D eigenvalue weighted by atomic mass is 9.95. The van der Waals surface area contributed by atoms with Gasteiger partial charge in [0.25, 0.3) is 0 Å². The second-order valence-electron chi connectivity index (χ2n) is 9.07. The molecule has 2 aromatic carbocycles. The van der Waals surface area contributed by atoms with E-state index >= 15 is 0 Å². The number of benzene rings is 2. The number of methoxy groups -OCH3 is 1. The first kappa shape index (κ1) is 22.8. The van der Waals surface area contributed by atoms with Crippen molar-refractivity contribution in [2.75, 3.05) is 33.3 Å². The zero-order valence-corrected chi connectivity index (χ0v) is 20.4. The van der Waals surface area contributed by atoms with Crippen LogP contribution in [0.4, 0.5) is 0 Å². The van der Waals surface area contributed by atoms with Crippen LogP contribution in [0.15, 0.2) is 54.6 Å². The summed E-state index contributed by atoms with van der Waals surface area (Å²) in [4.78, 5) is 17.2. The number of amides is 1. The summed E-state index contributed by atoms with van der Waals surface area (Å²) in [6.07, 6.45) is 4.07. The molecule has 1 amide bonds. The van der Waals surface area contributed by atoms with Crippen molar-refractivity contribution >= 4 is 18.1 Å². The van der Waals surface area contributed by atoms with Crippen LogP contribution >= 0.6 is 12.2 Å². The van der Waals surface area contributed by atoms with E-state index in [-0.39, 0.29) is 5.92 Å². The van der Waals surface area contributed by atoms with Crippen molar-refractivity contribution < 1.29 is 9.53 Å². The molecule has 0 saturated carbocycles. The van der Waals surface area contributed by atoms with E-state index in [1.54, 1.807) is 7.11 Å². The maximum absolute atomic E-state index is 12.8. The molecule has 3 aromatic rings. The Labute approximate surface area is 205 Å². The Morgan fingerprint density at radius 3 is 2.47 bits per heavy atom. The van der Waals surface area contributed by atoms with E-state index in [0.29, 0.717) is 17.3 Å². The predicted molar refractivity (Wildman–Crippen MR) is 134 cm³/mol. The van der Waals surface area contributed by atoms with Gasteiger partial charge in [-0.05, 0) is 62.2 Å². The third-order valence-electron chi connectivity index (χ3n) is 6.87. The van der Waals surface area contributed by atoms with Crippen LogP contribution in [0.1, 0.15) is 25.7 Å². The van der Waals surface area contributed by atoms with E-state index in [9.17, 15) is 4.79 Å². The Bertz CT molecular complexity index is 1190. The zero-order valence-electron chi connectivity index (χ0n) is 19.6. The van der Waals surface area contributed by atoms with Gasteiger partial charge in [0.2, 0.25) is 10.7 Å². The fourth-order valence-electron chi connectivity index (χ4n) is 4.97. The van der Waals surface area contributed by atoms with Gasteiger partial charge in [0.05, 0.1) is 13.8 Å². The van der Waals surface area contributed by atoms with Crippen molar-refractivity contribution in [2.24, 2.45) is 5.92 Å². The Morgan fingerprint density at radius 2 is 1.76 bits per heavy atom. The van der Waals surface area contributed by atoms with Crippen LogP contribution in [-0.4, -0.2) is 63.3 Å². The molecule has 2 saturated heterocycles. The van der Waals surface area contributed by atoms with Crippen molar-refractivity contribution in [3.8, 4) is 22.8 Å². The number of carbonyl (C=O) groups excluding carboxylic acids is 1. The molecule has 1 aromatic heterocycles. The standard InChI is InChI=1S/C26H31N5O2S/c1-33-23-11-7-8-21(18-23)24-27-30(26(34)31(24)22-9-3-2-4-10-22)19-28-16-12-20(13-17-28)25(32)29-14-5-6-15-29/h2-4,7-11,18,20H,5-6,12-17,19H2,1H3. The van der Waals surface area contributed by atoms with Crippen molar-refractivity contribution in [1.29, 1.82) is 0 Å². The van der Waals surface area contributed by atoms with Gasteiger partial charge in [0.1, 0.15) is 5.75 Å². The summed E-state index contributed by atoms with van der Waals surface area (Å²) in [6.45, 7) is 4.22. The van der Waals surface area contributed by atoms with Gasteiger partial charge in [-0.3, -0.25) is 14.3 Å². The normalized spacial score (nSPS) is 17.3. The maximum Gasteiger partial charge on any atom is 0.225 e. The smallest absolute Gasteiger partial charge is 0.225 e. The summed E-state index contributed by atoms with van der Waals surface area (Å²) < 4.78 is 10.0. The molecule has 2 fully saturated rings. The molecule has 3 heterocycles. The number of likely N-dealkylation sites (tertiary alicyclic amines) is 2. The highest BCUT2D eigenvalue weighted by atomic mass is 32.1. The summed E-state index contributed by atoms with van der Waals surface area (Å²) >= 11 is 5.91. The summed E-state index contributed by atoms with van der Waals surface area (Å²) in [7, 11) is 1.67. The third-order valence-corrected chi connectivity index (χ3v) is 7.26. The van der Waals surface area contributed by atoms with Gasteiger partial charge in [-0.2, -0.15) is 0 Å². The van der Waals surface area contributed by atoms with E-state index in [1.165, 1.54) is 0 Å². The Kier molecular flexibility index (Phi) is 6.78. The van der Waals surface area contributed by atoms with Crippen molar-refractivity contribution in [2.45, 2.75) is 32.4 Å². The first-order valence-electron chi connectivity index (χ1n) is 12.0. The topological polar surface area (TPSA) is 55.5 Å². The second kappa shape index (κ2) is 10.1. The minimum atomic E-state index is 0.150. The van der Waals surface area contributed by atoms with E-state index in [1.807, 2.05) is 63.8 Å². The molecule has 34 heavy (non-hydrogen) atoms. The number of hydrogen-bond acceptors (Lipinski definition) is 5. The molecule has 178 valence electrons. The van der Waals surface area contributed by atoms with Crippen LogP contribution in [0.25, 0.3) is 17.1 Å². The number of rotatable bonds is 6. The Morgan fingerprint density at radius 1 is 1.03 bits per heavy atom. The van der Waals surface area contributed by atoms with Gasteiger partial charge in [-0.15, -0.1) is 5.10 Å². The maximum atomic E-state index is 12.8. The molecule has 0 N–H and O–H groups in total. The van der Waals surface area contributed by atoms with E-state index in [4.69, 9.17) is 22.1 Å². The highest BCUT2D eigenvalue weighted by Gasteiger charge is 2.30. The van der Waals surface area contributed by atoms with Crippen LogP contribution < -0.4 is 4.74 Å². The number of carbonyl (C=O) groups is 1. The average Bonchev–Trinajstić information content (AvgIpc) is 3.53. The van der Waals surface area contributed by atoms with E-state index in [0.717, 1.165) is 74.7 Å². The van der Waals surface area contributed by atoms with Crippen LogP contribution in [0, 0.1) is 10.7 Å². The molecule has 0 radical (unpaired) electrons. The molecule has 2 aliphatic rings. The monoisotopic (exact) mass is 477 g/mol. The van der Waals surface area contributed by atoms with E-state index in [2.05, 4.69) is 9.80 Å². The minimum absolute atomic E-state index is 0.150. The van der Waals surface area contributed by atoms with Gasteiger partial charge < -0.3 is 9.64 Å². The number of hydrogen-bond donors (Lipinski definition) is 0. The largest absolute Gasteiger partial charge is 0.497 e. The van der Waals surface area contributed by atoms with Crippen LogP contribution in [-0.2, 0) is 11.5 Å². The highest BCUT2D eigenvalue weighted by Crippen LogP contribution is 2.27. The number of aromatic nitrogens is 3. The van der Waals surface area contributed by atoms with Crippen LogP contribution in [0.2, 0.25) is 0 Å². The molecule has 0 aliphatic carbocycles. The molecule has 5 rings (SSSR count). The zero-order chi connectivity index (χ0) is 23.5. The fraction of sp³-hybridized carbons (Fsp3) is 0.423. The first-order chi connectivity index (χ1) is 16.6. The number of piperidine rings is 1. The lowest BCUT2D eigenvalue weighted by Crippen LogP contribution is -2.42. The molecule has 0 atom stereocenters. The van der Waals surface area contributed by atoms with Crippen LogP contribution in [0.5, 0.6) is 5.75 Å². The van der Waals surface area contributed by atoms with Gasteiger partial charge >= 0.3 is 0 Å². The van der Waals surface area contributed by atoms with Crippen molar-refractivity contribution in [3.63, 3.8) is 0 Å². The molecular weight excluding hydrogens is 446 g/mol. The SMILES string of the molecule is COc1cccc(-c2nn(CN3CCC(C(=O)N4CCCC4)CC3)c(=S)n2-c2ccccc2)c1. The van der Waals surface area contributed by atoms with Gasteiger partial charge in [0.15, 0.2) is 5.82 Å². The fourth-order valence-corrected chi connectivity index (χ4v) is 5.26. The molecule has 0 bridgehead atoms. The van der Waals surface area contributed by atoms with Gasteiger partial charge in [-0.1, -0.05) is 30.3 Å². The summed E-state index contributed by atoms with van der Waals surface area (Å²) in [5.41, 5.74) is 1.93. The number of ether oxygens (including phenoxy) is 1. The minimum Gasteiger partial charge on any atom is -0.497 e. The average molecular weight is 478 g/mol. The molecule has 0 unspecified atom stereocenters. The number of nitrogens with zero attached hydrogens (tertiary/aromatic N) is 5. The van der Waals surface area contributed by atoms with Crippen molar-refractivity contribution in [3.05, 3.63) is 59.4 Å². The van der Waals surface area contributed by atoms with Crippen LogP contribution in [0.3, 0.4) is 0 Å². The van der Waals surface area contributed by atoms with Gasteiger partial charge in [-0.25, -0.2) is 4.68 Å². The molecular formula is C26H31N5O2S. The Hall–Kier alpha value is -2.97. The summed E-state index contributed by atoms with van der Waals surface area (Å²) in [5.74, 6) is 2.07. The summed E-state index contributed by atoms with van der Waals surface area (Å²) in [5, 5.41) is 4.95. The predicted octanol–water partition coefficient (Wildman–Crippen LogP) is 4.37. The molecule has 8 heteroatoms. The quantitative estimate of drug-likeness (QED) is 0.494. The third kappa shape index (κ3) is 4.65. The van der Waals surface area contributed by atoms with Gasteiger partial charge in [0, 0.05) is 43.3 Å². The second-order valence-corrected chi connectivity index (χ2v) is 9.44. The molecule has 0 spiro atoms. The molecule has 7 nitrogen and oxygen atoms in total. The summed E-state index contributed by atoms with van der Waals surface area (Å²) in [6, 6.07) is 18.0. The van der Waals surface area contributed by atoms with Crippen molar-refractivity contribution in [1.82, 2.24) is 24.1 Å². The first-order valence-corrected chi connectivity index (χ1v) is 12.5. The number of para-hydroxylation sites is 1. The highest BCUT2D eigenvalue weighted by molar-refractivity contribution is 7.71. The lowest BCUT2D eigenvalue weighted by molar-refractivity contribution is -0.136. The molecule has 2 aliphatic heterocycles. The Balaban J connectivity index is 1.38.